The van der Waals surface area contributed by atoms with Gasteiger partial charge in [-0.1, -0.05) is 135 Å². The highest BCUT2D eigenvalue weighted by Crippen LogP contribution is 2.47. The molecule has 0 amide bonds. The predicted molar refractivity (Wildman–Crippen MR) is 263 cm³/mol. The first kappa shape index (κ1) is 35.4. The van der Waals surface area contributed by atoms with E-state index in [9.17, 15) is 0 Å². The fourth-order valence-electron chi connectivity index (χ4n) is 10.2. The number of furan rings is 1. The van der Waals surface area contributed by atoms with Gasteiger partial charge in [0, 0.05) is 52.8 Å². The monoisotopic (exact) mass is 813 g/mol. The summed E-state index contributed by atoms with van der Waals surface area (Å²) in [7, 11) is 0. The van der Waals surface area contributed by atoms with Gasteiger partial charge in [0.2, 0.25) is 0 Å². The summed E-state index contributed by atoms with van der Waals surface area (Å²) in [5.41, 5.74) is 8.86. The van der Waals surface area contributed by atoms with Crippen molar-refractivity contribution < 1.29 is 4.42 Å². The molecule has 3 aromatic heterocycles. The molecule has 62 heavy (non-hydrogen) atoms. The van der Waals surface area contributed by atoms with Gasteiger partial charge in [-0.3, -0.25) is 4.99 Å². The lowest BCUT2D eigenvalue weighted by Crippen LogP contribution is -2.24. The second-order valence-corrected chi connectivity index (χ2v) is 18.6. The van der Waals surface area contributed by atoms with Crippen molar-refractivity contribution in [3.05, 3.63) is 199 Å². The summed E-state index contributed by atoms with van der Waals surface area (Å²) in [5, 5.41) is 11.9. The van der Waals surface area contributed by atoms with Crippen LogP contribution in [0.1, 0.15) is 43.0 Å². The van der Waals surface area contributed by atoms with E-state index in [2.05, 4.69) is 200 Å². The average Bonchev–Trinajstić information content (AvgIpc) is 3.94. The van der Waals surface area contributed by atoms with Gasteiger partial charge in [0.25, 0.3) is 0 Å². The summed E-state index contributed by atoms with van der Waals surface area (Å²) in [5.74, 6) is 0.742. The SMILES string of the molecule is CC1(C)CC(c2ccc3c(oc4ccccc43)c2-n2c3cc4ccccc4cc3c3cc4ccccc4cc32)=NC(c2ccc3sc4ccccc4c3c2)=NC1c1ccccc1. The lowest BCUT2D eigenvalue weighted by atomic mass is 9.76. The molecule has 294 valence electrons. The van der Waals surface area contributed by atoms with Crippen molar-refractivity contribution in [2.75, 3.05) is 0 Å². The zero-order valence-corrected chi connectivity index (χ0v) is 35.1. The molecule has 1 aliphatic heterocycles. The maximum absolute atomic E-state index is 7.07. The lowest BCUT2D eigenvalue weighted by molar-refractivity contribution is 0.307. The van der Waals surface area contributed by atoms with E-state index in [1.54, 1.807) is 0 Å². The van der Waals surface area contributed by atoms with Crippen molar-refractivity contribution in [2.24, 2.45) is 15.4 Å². The van der Waals surface area contributed by atoms with Crippen LogP contribution in [0.5, 0.6) is 0 Å². The first-order chi connectivity index (χ1) is 30.4. The Hall–Kier alpha value is -7.34. The summed E-state index contributed by atoms with van der Waals surface area (Å²) in [4.78, 5) is 11.4. The highest BCUT2D eigenvalue weighted by molar-refractivity contribution is 7.25. The Morgan fingerprint density at radius 1 is 0.548 bits per heavy atom. The molecule has 0 aliphatic carbocycles. The second kappa shape index (κ2) is 13.3. The minimum atomic E-state index is -0.311. The first-order valence-electron chi connectivity index (χ1n) is 21.4. The van der Waals surface area contributed by atoms with Crippen molar-refractivity contribution in [3.8, 4) is 5.69 Å². The summed E-state index contributed by atoms with van der Waals surface area (Å²) in [6.07, 6.45) is 0.685. The predicted octanol–water partition coefficient (Wildman–Crippen LogP) is 15.8. The van der Waals surface area contributed by atoms with Gasteiger partial charge >= 0.3 is 0 Å². The van der Waals surface area contributed by atoms with Crippen molar-refractivity contribution in [3.63, 3.8) is 0 Å². The van der Waals surface area contributed by atoms with Crippen LogP contribution in [-0.4, -0.2) is 16.1 Å². The van der Waals surface area contributed by atoms with Crippen LogP contribution in [-0.2, 0) is 0 Å². The Balaban J connectivity index is 1.14. The normalized spacial score (nSPS) is 15.7. The van der Waals surface area contributed by atoms with E-state index < -0.39 is 0 Å². The molecular formula is C57H39N3OS. The maximum Gasteiger partial charge on any atom is 0.160 e. The third kappa shape index (κ3) is 5.38. The van der Waals surface area contributed by atoms with Crippen LogP contribution in [0.25, 0.3) is 91.1 Å². The Bertz CT molecular complexity index is 3790. The van der Waals surface area contributed by atoms with Gasteiger partial charge in [0.05, 0.1) is 28.5 Å². The molecule has 4 nitrogen and oxygen atoms in total. The van der Waals surface area contributed by atoms with Crippen LogP contribution in [0, 0.1) is 5.41 Å². The average molecular weight is 814 g/mol. The van der Waals surface area contributed by atoms with E-state index in [0.717, 1.165) is 61.3 Å². The summed E-state index contributed by atoms with van der Waals surface area (Å²) in [6.45, 7) is 4.70. The minimum Gasteiger partial charge on any atom is -0.454 e. The number of para-hydroxylation sites is 1. The molecular weight excluding hydrogens is 775 g/mol. The second-order valence-electron chi connectivity index (χ2n) is 17.5. The van der Waals surface area contributed by atoms with E-state index in [-0.39, 0.29) is 11.5 Å². The molecule has 0 fully saturated rings. The summed E-state index contributed by atoms with van der Waals surface area (Å²) < 4.78 is 12.1. The number of hydrogen-bond acceptors (Lipinski definition) is 4. The molecule has 0 saturated carbocycles. The third-order valence-corrected chi connectivity index (χ3v) is 14.3. The molecule has 0 radical (unpaired) electrons. The fraction of sp³-hybridized carbons (Fsp3) is 0.0877. The molecule has 0 N–H and O–H groups in total. The Morgan fingerprint density at radius 2 is 1.16 bits per heavy atom. The van der Waals surface area contributed by atoms with Crippen molar-refractivity contribution in [2.45, 2.75) is 26.3 Å². The molecule has 1 unspecified atom stereocenters. The highest BCUT2D eigenvalue weighted by Gasteiger charge is 2.37. The van der Waals surface area contributed by atoms with Gasteiger partial charge < -0.3 is 8.98 Å². The van der Waals surface area contributed by atoms with Gasteiger partial charge in [-0.25, -0.2) is 4.99 Å². The van der Waals surface area contributed by atoms with E-state index in [1.165, 1.54) is 58.1 Å². The molecule has 5 heteroatoms. The van der Waals surface area contributed by atoms with Crippen LogP contribution < -0.4 is 0 Å². The van der Waals surface area contributed by atoms with E-state index in [4.69, 9.17) is 14.4 Å². The number of aliphatic imine (C=N–C) groups is 2. The van der Waals surface area contributed by atoms with E-state index in [1.807, 2.05) is 11.3 Å². The minimum absolute atomic E-state index is 0.140. The number of nitrogens with zero attached hydrogens (tertiary/aromatic N) is 3. The molecule has 1 atom stereocenters. The van der Waals surface area contributed by atoms with E-state index in [0.29, 0.717) is 6.42 Å². The van der Waals surface area contributed by atoms with Crippen LogP contribution >= 0.6 is 11.3 Å². The Labute approximate surface area is 361 Å². The standard InChI is InChI=1S/C57H39N3OS/c1-57(2)33-47(58-56(59-55(57)34-14-4-3-5-15-34)39-24-27-52-46(30-39)41-21-11-13-23-51(41)62-52)43-26-25-42-40-20-10-12-22-50(40)61-54(42)53(43)60-48-31-37-18-8-6-16-35(37)28-44(48)45-29-36-17-7-9-19-38(36)32-49(45)60/h3-32,55H,33H2,1-2H3. The van der Waals surface area contributed by atoms with Crippen molar-refractivity contribution >= 4 is 108 Å². The zero-order valence-electron chi connectivity index (χ0n) is 34.3. The molecule has 4 heterocycles. The zero-order chi connectivity index (χ0) is 41.1. The van der Waals surface area contributed by atoms with Crippen molar-refractivity contribution in [1.29, 1.82) is 0 Å². The van der Waals surface area contributed by atoms with Gasteiger partial charge in [-0.15, -0.1) is 11.3 Å². The quantitative estimate of drug-likeness (QED) is 0.174. The molecule has 9 aromatic carbocycles. The number of fused-ring (bicyclic) bond motifs is 11. The van der Waals surface area contributed by atoms with Gasteiger partial charge in [0.15, 0.2) is 11.4 Å². The third-order valence-electron chi connectivity index (χ3n) is 13.2. The first-order valence-corrected chi connectivity index (χ1v) is 22.2. The topological polar surface area (TPSA) is 42.8 Å². The Morgan fingerprint density at radius 3 is 1.89 bits per heavy atom. The molecule has 1 aliphatic rings. The van der Waals surface area contributed by atoms with Gasteiger partial charge in [-0.05, 0) is 99.6 Å². The number of amidine groups is 1. The number of benzene rings is 9. The molecule has 0 bridgehead atoms. The molecule has 0 spiro atoms. The number of aromatic nitrogens is 1. The van der Waals surface area contributed by atoms with Crippen LogP contribution in [0.15, 0.2) is 196 Å². The number of hydrogen-bond donors (Lipinski definition) is 0. The van der Waals surface area contributed by atoms with Crippen LogP contribution in [0.4, 0.5) is 0 Å². The molecule has 0 saturated heterocycles. The fourth-order valence-corrected chi connectivity index (χ4v) is 11.3. The number of thiophene rings is 1. The maximum atomic E-state index is 7.07. The lowest BCUT2D eigenvalue weighted by Gasteiger charge is -2.31. The molecule has 13 rings (SSSR count). The van der Waals surface area contributed by atoms with Gasteiger partial charge in [-0.2, -0.15) is 0 Å². The highest BCUT2D eigenvalue weighted by atomic mass is 32.1. The largest absolute Gasteiger partial charge is 0.454 e. The summed E-state index contributed by atoms with van der Waals surface area (Å²) >= 11 is 1.83. The smallest absolute Gasteiger partial charge is 0.160 e. The van der Waals surface area contributed by atoms with Crippen molar-refractivity contribution in [1.82, 2.24) is 4.57 Å². The van der Waals surface area contributed by atoms with Crippen LogP contribution in [0.3, 0.4) is 0 Å². The number of rotatable bonds is 4. The summed E-state index contributed by atoms with van der Waals surface area (Å²) in [6, 6.07) is 65.9. The van der Waals surface area contributed by atoms with Gasteiger partial charge in [0.1, 0.15) is 5.58 Å². The molecule has 12 aromatic rings. The van der Waals surface area contributed by atoms with E-state index >= 15 is 0 Å². The Kier molecular flexibility index (Phi) is 7.61. The van der Waals surface area contributed by atoms with Crippen LogP contribution in [0.2, 0.25) is 0 Å².